The van der Waals surface area contributed by atoms with E-state index in [2.05, 4.69) is 0 Å². The molecule has 7 heteroatoms. The average molecular weight is 221 g/mol. The zero-order chi connectivity index (χ0) is 11.8. The van der Waals surface area contributed by atoms with Crippen molar-refractivity contribution in [1.29, 1.82) is 0 Å². The number of aryl methyl sites for hydroxylation is 1. The van der Waals surface area contributed by atoms with Crippen molar-refractivity contribution in [1.82, 2.24) is 4.98 Å². The summed E-state index contributed by atoms with van der Waals surface area (Å²) in [5, 5.41) is 8.48. The second-order valence-corrected chi connectivity index (χ2v) is 2.87. The van der Waals surface area contributed by atoms with Crippen molar-refractivity contribution in [2.75, 3.05) is 0 Å². The highest BCUT2D eigenvalue weighted by atomic mass is 19.4. The molecule has 15 heavy (non-hydrogen) atoms. The Morgan fingerprint density at radius 1 is 1.47 bits per heavy atom. The summed E-state index contributed by atoms with van der Waals surface area (Å²) in [6.07, 6.45) is -4.85. The predicted octanol–water partition coefficient (Wildman–Crippen LogP) is 1.40. The lowest BCUT2D eigenvalue weighted by Gasteiger charge is -2.09. The molecular formula is C8H6F3NO3. The number of carboxylic acid groups (broad SMARTS) is 1. The number of aromatic nitrogens is 1. The van der Waals surface area contributed by atoms with E-state index in [0.717, 1.165) is 0 Å². The van der Waals surface area contributed by atoms with Gasteiger partial charge in [-0.25, -0.2) is 4.79 Å². The second-order valence-electron chi connectivity index (χ2n) is 2.87. The molecule has 0 fully saturated rings. The van der Waals surface area contributed by atoms with Gasteiger partial charge in [0.2, 0.25) is 0 Å². The van der Waals surface area contributed by atoms with Crippen molar-refractivity contribution in [3.05, 3.63) is 33.2 Å². The van der Waals surface area contributed by atoms with Crippen LogP contribution in [0.1, 0.15) is 21.6 Å². The van der Waals surface area contributed by atoms with Gasteiger partial charge in [0.15, 0.2) is 0 Å². The average Bonchev–Trinajstić information content (AvgIpc) is 1.99. The molecule has 0 bridgehead atoms. The van der Waals surface area contributed by atoms with Crippen LogP contribution in [-0.2, 0) is 6.18 Å². The Balaban J connectivity index is 3.62. The van der Waals surface area contributed by atoms with Crippen LogP contribution >= 0.6 is 0 Å². The van der Waals surface area contributed by atoms with Crippen molar-refractivity contribution in [3.8, 4) is 0 Å². The van der Waals surface area contributed by atoms with Crippen molar-refractivity contribution in [3.63, 3.8) is 0 Å². The first-order chi connectivity index (χ1) is 6.73. The molecule has 0 saturated carbocycles. The molecule has 0 aliphatic rings. The molecule has 0 radical (unpaired) electrons. The molecule has 4 nitrogen and oxygen atoms in total. The quantitative estimate of drug-likeness (QED) is 0.752. The normalized spacial score (nSPS) is 11.5. The van der Waals surface area contributed by atoms with E-state index in [1.54, 1.807) is 0 Å². The van der Waals surface area contributed by atoms with Crippen molar-refractivity contribution in [2.45, 2.75) is 13.1 Å². The van der Waals surface area contributed by atoms with Crippen molar-refractivity contribution >= 4 is 5.97 Å². The van der Waals surface area contributed by atoms with Crippen LogP contribution in [0.5, 0.6) is 0 Å². The molecule has 0 unspecified atom stereocenters. The summed E-state index contributed by atoms with van der Waals surface area (Å²) in [5.41, 5.74) is -4.02. The number of halogens is 3. The van der Waals surface area contributed by atoms with Crippen molar-refractivity contribution < 1.29 is 23.1 Å². The molecule has 0 atom stereocenters. The van der Waals surface area contributed by atoms with Gasteiger partial charge < -0.3 is 10.1 Å². The lowest BCUT2D eigenvalue weighted by molar-refractivity contribution is -0.138. The number of pyridine rings is 1. The molecular weight excluding hydrogens is 215 g/mol. The molecule has 1 aromatic heterocycles. The largest absolute Gasteiger partial charge is 0.477 e. The summed E-state index contributed by atoms with van der Waals surface area (Å²) in [6.45, 7) is 1.24. The number of hydrogen-bond acceptors (Lipinski definition) is 2. The number of aromatic carboxylic acids is 1. The molecule has 0 aliphatic carbocycles. The fraction of sp³-hybridized carbons (Fsp3) is 0.250. The van der Waals surface area contributed by atoms with E-state index >= 15 is 0 Å². The first-order valence-corrected chi connectivity index (χ1v) is 3.78. The van der Waals surface area contributed by atoms with Gasteiger partial charge in [0.25, 0.3) is 5.56 Å². The molecule has 0 spiro atoms. The van der Waals surface area contributed by atoms with Crippen LogP contribution in [0.25, 0.3) is 0 Å². The Morgan fingerprint density at radius 2 is 2.00 bits per heavy atom. The van der Waals surface area contributed by atoms with Gasteiger partial charge in [0, 0.05) is 5.69 Å². The van der Waals surface area contributed by atoms with Gasteiger partial charge in [-0.1, -0.05) is 0 Å². The van der Waals surface area contributed by atoms with E-state index in [9.17, 15) is 22.8 Å². The molecule has 82 valence electrons. The van der Waals surface area contributed by atoms with E-state index in [1.807, 2.05) is 4.98 Å². The van der Waals surface area contributed by atoms with Crippen LogP contribution < -0.4 is 5.56 Å². The molecule has 0 aromatic carbocycles. The number of hydrogen-bond donors (Lipinski definition) is 2. The van der Waals surface area contributed by atoms with Crippen LogP contribution in [0.3, 0.4) is 0 Å². The van der Waals surface area contributed by atoms with Gasteiger partial charge >= 0.3 is 12.1 Å². The maximum atomic E-state index is 12.4. The summed E-state index contributed by atoms with van der Waals surface area (Å²) in [5.74, 6) is -1.90. The zero-order valence-electron chi connectivity index (χ0n) is 7.47. The number of aromatic amines is 1. The van der Waals surface area contributed by atoms with Gasteiger partial charge in [0.1, 0.15) is 5.56 Å². The highest BCUT2D eigenvalue weighted by molar-refractivity contribution is 5.89. The van der Waals surface area contributed by atoms with Gasteiger partial charge in [-0.15, -0.1) is 0 Å². The van der Waals surface area contributed by atoms with Gasteiger partial charge in [-0.05, 0) is 13.0 Å². The topological polar surface area (TPSA) is 70.2 Å². The molecule has 0 amide bonds. The summed E-state index contributed by atoms with van der Waals surface area (Å²) >= 11 is 0. The Bertz CT molecular complexity index is 461. The van der Waals surface area contributed by atoms with Gasteiger partial charge in [-0.3, -0.25) is 4.79 Å². The fourth-order valence-electron chi connectivity index (χ4n) is 1.12. The predicted molar refractivity (Wildman–Crippen MR) is 43.8 cm³/mol. The lowest BCUT2D eigenvalue weighted by Crippen LogP contribution is -2.25. The Labute approximate surface area is 81.4 Å². The second kappa shape index (κ2) is 3.41. The molecule has 0 saturated heterocycles. The zero-order valence-corrected chi connectivity index (χ0v) is 7.47. The van der Waals surface area contributed by atoms with E-state index < -0.39 is 28.8 Å². The fourth-order valence-corrected chi connectivity index (χ4v) is 1.12. The first-order valence-electron chi connectivity index (χ1n) is 3.78. The maximum absolute atomic E-state index is 12.4. The SMILES string of the molecule is Cc1cc(C(F)(F)F)c(C(=O)O)c(=O)[nH]1. The molecule has 0 aliphatic heterocycles. The first kappa shape index (κ1) is 11.3. The summed E-state index contributed by atoms with van der Waals surface area (Å²) < 4.78 is 37.1. The van der Waals surface area contributed by atoms with E-state index in [4.69, 9.17) is 5.11 Å². The van der Waals surface area contributed by atoms with Crippen LogP contribution in [0.15, 0.2) is 10.9 Å². The minimum Gasteiger partial charge on any atom is -0.477 e. The summed E-state index contributed by atoms with van der Waals surface area (Å²) in [4.78, 5) is 23.5. The molecule has 1 rings (SSSR count). The minimum atomic E-state index is -4.85. The van der Waals surface area contributed by atoms with E-state index in [1.165, 1.54) is 6.92 Å². The number of rotatable bonds is 1. The monoisotopic (exact) mass is 221 g/mol. The number of alkyl halides is 3. The highest BCUT2D eigenvalue weighted by Crippen LogP contribution is 2.30. The molecule has 2 N–H and O–H groups in total. The Kier molecular flexibility index (Phi) is 2.57. The Hall–Kier alpha value is -1.79. The summed E-state index contributed by atoms with van der Waals surface area (Å²) in [6, 6.07) is 0.588. The van der Waals surface area contributed by atoms with E-state index in [-0.39, 0.29) is 5.69 Å². The molecule has 1 aromatic rings. The highest BCUT2D eigenvalue weighted by Gasteiger charge is 2.37. The molecule has 1 heterocycles. The number of nitrogens with one attached hydrogen (secondary N) is 1. The Morgan fingerprint density at radius 3 is 2.40 bits per heavy atom. The van der Waals surface area contributed by atoms with Crippen LogP contribution in [0, 0.1) is 6.92 Å². The number of carbonyl (C=O) groups is 1. The summed E-state index contributed by atoms with van der Waals surface area (Å²) in [7, 11) is 0. The third-order valence-corrected chi connectivity index (χ3v) is 1.69. The van der Waals surface area contributed by atoms with Crippen LogP contribution in [0.4, 0.5) is 13.2 Å². The number of H-pyrrole nitrogens is 1. The standard InChI is InChI=1S/C8H6F3NO3/c1-3-2-4(8(9,10)11)5(7(14)15)6(13)12-3/h2H,1H3,(H,12,13)(H,14,15). The van der Waals surface area contributed by atoms with Gasteiger partial charge in [-0.2, -0.15) is 13.2 Å². The minimum absolute atomic E-state index is 0.0441. The van der Waals surface area contributed by atoms with Crippen LogP contribution in [0.2, 0.25) is 0 Å². The third kappa shape index (κ3) is 2.17. The smallest absolute Gasteiger partial charge is 0.417 e. The third-order valence-electron chi connectivity index (χ3n) is 1.69. The van der Waals surface area contributed by atoms with Gasteiger partial charge in [0.05, 0.1) is 5.56 Å². The lowest BCUT2D eigenvalue weighted by atomic mass is 10.1. The van der Waals surface area contributed by atoms with E-state index in [0.29, 0.717) is 6.07 Å². The maximum Gasteiger partial charge on any atom is 0.417 e. The number of carboxylic acids is 1. The van der Waals surface area contributed by atoms with Crippen molar-refractivity contribution in [2.24, 2.45) is 0 Å². The van der Waals surface area contributed by atoms with Crippen LogP contribution in [-0.4, -0.2) is 16.1 Å².